The molecule has 0 aromatic heterocycles. The molecular formula is C8H7MgO10-. The molecule has 1 N–H and O–H groups in total. The zero-order valence-electron chi connectivity index (χ0n) is 9.61. The van der Waals surface area contributed by atoms with Gasteiger partial charge in [0.05, 0.1) is 12.1 Å². The first kappa shape index (κ1) is 25.9. The Kier molecular flexibility index (Phi) is 22.1. The molecule has 0 rings (SSSR count). The minimum Gasteiger partial charge on any atom is -0.550 e. The van der Waals surface area contributed by atoms with Gasteiger partial charge in [0, 0.05) is 19.3 Å². The molecule has 19 heavy (non-hydrogen) atoms. The molecule has 0 aliphatic rings. The van der Waals surface area contributed by atoms with Crippen LogP contribution in [0.25, 0.3) is 0 Å². The summed E-state index contributed by atoms with van der Waals surface area (Å²) in [5.41, 5.74) is 0. The molecule has 0 spiro atoms. The van der Waals surface area contributed by atoms with E-state index in [9.17, 15) is 34.5 Å². The molecular weight excluding hydrogens is 280 g/mol. The summed E-state index contributed by atoms with van der Waals surface area (Å²) in [6, 6.07) is 0. The van der Waals surface area contributed by atoms with Gasteiger partial charge in [-0.1, -0.05) is 0 Å². The summed E-state index contributed by atoms with van der Waals surface area (Å²) >= 11 is 0. The van der Waals surface area contributed by atoms with Gasteiger partial charge in [-0.05, 0) is 0 Å². The third-order valence-corrected chi connectivity index (χ3v) is 0.920. The monoisotopic (exact) mass is 287 g/mol. The van der Waals surface area contributed by atoms with Gasteiger partial charge < -0.3 is 34.8 Å². The SMILES string of the molecule is CC(=O)C(=O)[O-].O=C([O-])CC(O)C(=O)[O-].O=C=O.[Mg+2]. The molecule has 11 heteroatoms. The van der Waals surface area contributed by atoms with Crippen LogP contribution in [0.5, 0.6) is 0 Å². The van der Waals surface area contributed by atoms with Gasteiger partial charge >= 0.3 is 29.2 Å². The van der Waals surface area contributed by atoms with Crippen molar-refractivity contribution in [2.75, 3.05) is 0 Å². The van der Waals surface area contributed by atoms with Gasteiger partial charge in [-0.25, -0.2) is 0 Å². The van der Waals surface area contributed by atoms with Crippen LogP contribution in [0.3, 0.4) is 0 Å². The maximum Gasteiger partial charge on any atom is 2.00 e. The third kappa shape index (κ3) is 31.4. The van der Waals surface area contributed by atoms with E-state index in [1.165, 1.54) is 0 Å². The number of aliphatic carboxylic acids is 3. The number of ketones is 1. The molecule has 0 aliphatic heterocycles. The van der Waals surface area contributed by atoms with Crippen molar-refractivity contribution in [1.82, 2.24) is 0 Å². The number of aliphatic hydroxyl groups is 1. The molecule has 1 atom stereocenters. The molecule has 10 nitrogen and oxygen atoms in total. The van der Waals surface area contributed by atoms with Crippen LogP contribution in [0, 0.1) is 0 Å². The molecule has 0 bridgehead atoms. The van der Waals surface area contributed by atoms with Gasteiger partial charge in [0.1, 0.15) is 5.97 Å². The van der Waals surface area contributed by atoms with Crippen molar-refractivity contribution in [3.8, 4) is 0 Å². The van der Waals surface area contributed by atoms with E-state index in [-0.39, 0.29) is 29.2 Å². The number of Topliss-reactive ketones (excluding diaryl/α,β-unsaturated/α-hetero) is 1. The largest absolute Gasteiger partial charge is 2.00 e. The maximum atomic E-state index is 9.58. The Morgan fingerprint density at radius 2 is 1.37 bits per heavy atom. The second kappa shape index (κ2) is 16.2. The van der Waals surface area contributed by atoms with Gasteiger partial charge in [-0.2, -0.15) is 9.59 Å². The second-order valence-electron chi connectivity index (χ2n) is 2.34. The Labute approximate surface area is 122 Å². The van der Waals surface area contributed by atoms with Gasteiger partial charge in [0.25, 0.3) is 0 Å². The summed E-state index contributed by atoms with van der Waals surface area (Å²) in [7, 11) is 0. The summed E-state index contributed by atoms with van der Waals surface area (Å²) in [6.45, 7) is 0.940. The molecule has 0 saturated heterocycles. The number of carboxylic acids is 3. The number of carbonyl (C=O) groups excluding carboxylic acids is 6. The van der Waals surface area contributed by atoms with Crippen LogP contribution in [0.4, 0.5) is 0 Å². The number of aliphatic hydroxyl groups excluding tert-OH is 1. The van der Waals surface area contributed by atoms with Crippen molar-refractivity contribution in [1.29, 1.82) is 0 Å². The Morgan fingerprint density at radius 3 is 1.42 bits per heavy atom. The van der Waals surface area contributed by atoms with Crippen LogP contribution in [-0.2, 0) is 28.8 Å². The molecule has 0 aromatic rings. The molecule has 0 saturated carbocycles. The van der Waals surface area contributed by atoms with E-state index in [1.807, 2.05) is 0 Å². The van der Waals surface area contributed by atoms with Crippen molar-refractivity contribution < 1.29 is 49.2 Å². The van der Waals surface area contributed by atoms with Crippen LogP contribution in [0.1, 0.15) is 13.3 Å². The van der Waals surface area contributed by atoms with E-state index in [2.05, 4.69) is 0 Å². The Morgan fingerprint density at radius 1 is 1.11 bits per heavy atom. The Balaban J connectivity index is -0.0000000982. The summed E-state index contributed by atoms with van der Waals surface area (Å²) in [6.07, 6.45) is -2.64. The smallest absolute Gasteiger partial charge is 0.550 e. The van der Waals surface area contributed by atoms with Crippen molar-refractivity contribution in [2.45, 2.75) is 19.4 Å². The van der Waals surface area contributed by atoms with Crippen LogP contribution >= 0.6 is 0 Å². The number of rotatable bonds is 4. The molecule has 0 radical (unpaired) electrons. The standard InChI is InChI=1S/C4H6O5.C3H4O3.CO2.Mg/c5-2(4(8)9)1-3(6)7;1-2(4)3(5)6;2-1-3;/h2,5H,1H2,(H,6,7)(H,8,9);1H3,(H,5,6);;/q;;;+2/p-3. The van der Waals surface area contributed by atoms with Crippen molar-refractivity contribution in [3.05, 3.63) is 0 Å². The number of hydrogen-bond acceptors (Lipinski definition) is 10. The number of carbonyl (C=O) groups is 4. The van der Waals surface area contributed by atoms with Crippen LogP contribution < -0.4 is 15.3 Å². The topological polar surface area (TPSA) is 192 Å². The molecule has 0 fully saturated rings. The average molecular weight is 287 g/mol. The molecule has 1 unspecified atom stereocenters. The average Bonchev–Trinajstić information content (AvgIpc) is 2.18. The van der Waals surface area contributed by atoms with E-state index >= 15 is 0 Å². The van der Waals surface area contributed by atoms with E-state index in [0.29, 0.717) is 0 Å². The predicted molar refractivity (Wildman–Crippen MR) is 47.1 cm³/mol. The first-order valence-corrected chi connectivity index (χ1v) is 3.90. The van der Waals surface area contributed by atoms with Crippen molar-refractivity contribution in [3.63, 3.8) is 0 Å². The Hall–Kier alpha value is -1.81. The first-order valence-electron chi connectivity index (χ1n) is 3.90. The fourth-order valence-corrected chi connectivity index (χ4v) is 0.241. The fourth-order valence-electron chi connectivity index (χ4n) is 0.241. The van der Waals surface area contributed by atoms with Gasteiger partial charge in [0.15, 0.2) is 5.78 Å². The zero-order chi connectivity index (χ0) is 15.3. The molecule has 0 aliphatic carbocycles. The number of carboxylic acid groups (broad SMARTS) is 3. The zero-order valence-corrected chi connectivity index (χ0v) is 11.0. The predicted octanol–water partition coefficient (Wildman–Crippen LogP) is -6.40. The van der Waals surface area contributed by atoms with E-state index in [0.717, 1.165) is 6.92 Å². The summed E-state index contributed by atoms with van der Waals surface area (Å²) in [4.78, 5) is 54.1. The minimum atomic E-state index is -1.96. The van der Waals surface area contributed by atoms with E-state index in [4.69, 9.17) is 14.7 Å². The van der Waals surface area contributed by atoms with Crippen molar-refractivity contribution >= 4 is 52.9 Å². The minimum absolute atomic E-state index is 0. The summed E-state index contributed by atoms with van der Waals surface area (Å²) in [5.74, 6) is -5.99. The van der Waals surface area contributed by atoms with Crippen LogP contribution in [-0.4, -0.2) is 64.1 Å². The summed E-state index contributed by atoms with van der Waals surface area (Å²) in [5, 5.41) is 36.6. The molecule has 0 heterocycles. The normalized spacial score (nSPS) is 8.74. The fraction of sp³-hybridized carbons (Fsp3) is 0.375. The molecule has 0 amide bonds. The first-order chi connectivity index (χ1) is 8.09. The molecule has 102 valence electrons. The van der Waals surface area contributed by atoms with E-state index in [1.54, 1.807) is 0 Å². The van der Waals surface area contributed by atoms with Crippen molar-refractivity contribution in [2.24, 2.45) is 0 Å². The second-order valence-corrected chi connectivity index (χ2v) is 2.34. The van der Waals surface area contributed by atoms with Gasteiger partial charge in [-0.3, -0.25) is 4.79 Å². The number of hydrogen-bond donors (Lipinski definition) is 1. The van der Waals surface area contributed by atoms with E-state index < -0.39 is 36.2 Å². The third-order valence-electron chi connectivity index (χ3n) is 0.920. The maximum absolute atomic E-state index is 9.58. The quantitative estimate of drug-likeness (QED) is 0.384. The van der Waals surface area contributed by atoms with Crippen LogP contribution in [0.2, 0.25) is 0 Å². The summed E-state index contributed by atoms with van der Waals surface area (Å²) < 4.78 is 0. The van der Waals surface area contributed by atoms with Gasteiger partial charge in [0.2, 0.25) is 0 Å². The van der Waals surface area contributed by atoms with Gasteiger partial charge in [-0.15, -0.1) is 0 Å². The van der Waals surface area contributed by atoms with Crippen LogP contribution in [0.15, 0.2) is 0 Å². The Bertz CT molecular complexity index is 331. The molecule has 0 aromatic carbocycles.